The van der Waals surface area contributed by atoms with E-state index in [1.54, 1.807) is 0 Å². The number of anilines is 5. The molecule has 0 bridgehead atoms. The monoisotopic (exact) mass is 390 g/mol. The van der Waals surface area contributed by atoms with Gasteiger partial charge in [-0.3, -0.25) is 10.1 Å². The lowest BCUT2D eigenvalue weighted by atomic mass is 10.2. The molecule has 3 rings (SSSR count). The van der Waals surface area contributed by atoms with Crippen molar-refractivity contribution >= 4 is 40.4 Å². The average molecular weight is 390 g/mol. The van der Waals surface area contributed by atoms with Gasteiger partial charge in [-0.2, -0.15) is 0 Å². The third-order valence-electron chi connectivity index (χ3n) is 4.58. The van der Waals surface area contributed by atoms with E-state index in [9.17, 15) is 14.9 Å². The molecule has 1 fully saturated rings. The van der Waals surface area contributed by atoms with Gasteiger partial charge in [0.1, 0.15) is 17.6 Å². The number of rotatable bonds is 4. The molecule has 0 radical (unpaired) electrons. The first kappa shape index (κ1) is 19.2. The minimum Gasteiger partial charge on any atom is -0.395 e. The third kappa shape index (κ3) is 3.46. The molecule has 1 aliphatic rings. The number of nitrogens with one attached hydrogen (secondary N) is 1. The summed E-state index contributed by atoms with van der Waals surface area (Å²) in [6, 6.07) is 0. The summed E-state index contributed by atoms with van der Waals surface area (Å²) in [5.74, 6) is -0.853. The van der Waals surface area contributed by atoms with Gasteiger partial charge in [0.05, 0.1) is 5.69 Å². The summed E-state index contributed by atoms with van der Waals surface area (Å²) in [5.41, 5.74) is 18.5. The second-order valence-corrected chi connectivity index (χ2v) is 6.56. The molecule has 1 saturated heterocycles. The molecule has 2 aromatic heterocycles. The molecule has 1 amide bonds. The fourth-order valence-electron chi connectivity index (χ4n) is 2.89. The highest BCUT2D eigenvalue weighted by atomic mass is 16.6. The summed E-state index contributed by atoms with van der Waals surface area (Å²) >= 11 is 0. The van der Waals surface area contributed by atoms with Crippen LogP contribution in [0.25, 0.3) is 0 Å². The molecule has 0 aliphatic carbocycles. The van der Waals surface area contributed by atoms with Gasteiger partial charge in [0, 0.05) is 33.2 Å². The maximum absolute atomic E-state index is 12.5. The van der Waals surface area contributed by atoms with E-state index in [0.717, 1.165) is 19.3 Å². The number of nitro groups is 1. The highest BCUT2D eigenvalue weighted by Crippen LogP contribution is 2.36. The van der Waals surface area contributed by atoms with Crippen molar-refractivity contribution in [1.82, 2.24) is 19.4 Å². The molecule has 3 heterocycles. The maximum atomic E-state index is 12.5. The van der Waals surface area contributed by atoms with Gasteiger partial charge >= 0.3 is 17.5 Å². The number of carbonyl (C=O) groups is 1. The van der Waals surface area contributed by atoms with Crippen molar-refractivity contribution in [3.8, 4) is 0 Å². The smallest absolute Gasteiger partial charge is 0.382 e. The van der Waals surface area contributed by atoms with Crippen LogP contribution in [-0.4, -0.2) is 63.5 Å². The van der Waals surface area contributed by atoms with Gasteiger partial charge in [-0.1, -0.05) is 0 Å². The maximum Gasteiger partial charge on any atom is 0.382 e. The highest BCUT2D eigenvalue weighted by Gasteiger charge is 2.26. The number of nitrogens with zero attached hydrogens (tertiary/aromatic N) is 6. The lowest BCUT2D eigenvalue weighted by Crippen LogP contribution is -2.45. The van der Waals surface area contributed by atoms with Gasteiger partial charge in [-0.05, 0) is 17.0 Å². The number of carbonyl (C=O) groups excluding carboxylic acids is 1. The first-order valence-electron chi connectivity index (χ1n) is 8.46. The van der Waals surface area contributed by atoms with Crippen molar-refractivity contribution in [1.29, 1.82) is 0 Å². The number of aryl methyl sites for hydroxylation is 1. The van der Waals surface area contributed by atoms with Gasteiger partial charge in [-0.25, -0.2) is 4.98 Å². The summed E-state index contributed by atoms with van der Waals surface area (Å²) in [7, 11) is 3.49. The normalized spacial score (nSPS) is 14.9. The van der Waals surface area contributed by atoms with Crippen LogP contribution in [0.2, 0.25) is 0 Å². The number of amides is 1. The van der Waals surface area contributed by atoms with Gasteiger partial charge in [0.15, 0.2) is 11.6 Å². The molecule has 28 heavy (non-hydrogen) atoms. The Morgan fingerprint density at radius 3 is 2.32 bits per heavy atom. The molecule has 0 saturated carbocycles. The Hall–Kier alpha value is -3.61. The number of pyridine rings is 1. The van der Waals surface area contributed by atoms with Gasteiger partial charge in [0.2, 0.25) is 0 Å². The Morgan fingerprint density at radius 1 is 1.11 bits per heavy atom. The largest absolute Gasteiger partial charge is 0.395 e. The van der Waals surface area contributed by atoms with Crippen LogP contribution < -0.4 is 27.4 Å². The number of imidazole rings is 1. The molecule has 13 nitrogen and oxygen atoms in total. The first-order chi connectivity index (χ1) is 13.2. The topological polar surface area (TPSA) is 187 Å². The zero-order chi connectivity index (χ0) is 20.6. The molecular formula is C15H22N10O3. The molecule has 150 valence electrons. The van der Waals surface area contributed by atoms with Crippen molar-refractivity contribution in [2.45, 2.75) is 0 Å². The van der Waals surface area contributed by atoms with E-state index < -0.39 is 16.6 Å². The Kier molecular flexibility index (Phi) is 4.92. The predicted molar refractivity (Wildman–Crippen MR) is 105 cm³/mol. The summed E-state index contributed by atoms with van der Waals surface area (Å²) < 4.78 is 1.24. The highest BCUT2D eigenvalue weighted by molar-refractivity contribution is 6.05. The van der Waals surface area contributed by atoms with E-state index >= 15 is 0 Å². The SMILES string of the molecule is CN1CCN(c2nc(NC(=O)c3nc([N+](=O)[O-])cn3C)c(N)c(N)c2N)CC1. The fourth-order valence-corrected chi connectivity index (χ4v) is 2.89. The number of likely N-dealkylation sites (N-methyl/N-ethyl adjacent to an activating group) is 1. The molecule has 0 aromatic carbocycles. The van der Waals surface area contributed by atoms with Crippen molar-refractivity contribution in [3.05, 3.63) is 22.1 Å². The van der Waals surface area contributed by atoms with Crippen molar-refractivity contribution < 1.29 is 9.72 Å². The molecular weight excluding hydrogens is 368 g/mol. The molecule has 0 spiro atoms. The Morgan fingerprint density at radius 2 is 1.75 bits per heavy atom. The van der Waals surface area contributed by atoms with Crippen LogP contribution in [0.15, 0.2) is 6.20 Å². The predicted octanol–water partition coefficient (Wildman–Crippen LogP) is -0.526. The molecule has 0 unspecified atom stereocenters. The number of piperazine rings is 1. The van der Waals surface area contributed by atoms with Crippen LogP contribution in [0.3, 0.4) is 0 Å². The lowest BCUT2D eigenvalue weighted by molar-refractivity contribution is -0.389. The summed E-state index contributed by atoms with van der Waals surface area (Å²) in [5, 5.41) is 13.4. The Bertz CT molecular complexity index is 933. The quantitative estimate of drug-likeness (QED) is 0.390. The van der Waals surface area contributed by atoms with Crippen LogP contribution in [0.1, 0.15) is 10.6 Å². The number of nitrogens with two attached hydrogens (primary N) is 3. The van der Waals surface area contributed by atoms with E-state index in [1.165, 1.54) is 11.6 Å². The molecule has 0 atom stereocenters. The van der Waals surface area contributed by atoms with E-state index in [1.807, 2.05) is 11.9 Å². The van der Waals surface area contributed by atoms with Crippen LogP contribution in [-0.2, 0) is 7.05 Å². The van der Waals surface area contributed by atoms with E-state index in [-0.39, 0.29) is 28.7 Å². The number of aromatic nitrogens is 3. The Labute approximate surface area is 160 Å². The number of nitrogen functional groups attached to an aromatic ring is 3. The van der Waals surface area contributed by atoms with E-state index in [0.29, 0.717) is 18.9 Å². The van der Waals surface area contributed by atoms with Crippen LogP contribution >= 0.6 is 0 Å². The van der Waals surface area contributed by atoms with Crippen LogP contribution in [0.5, 0.6) is 0 Å². The van der Waals surface area contributed by atoms with E-state index in [2.05, 4.69) is 20.2 Å². The first-order valence-corrected chi connectivity index (χ1v) is 8.46. The van der Waals surface area contributed by atoms with Crippen molar-refractivity contribution in [2.75, 3.05) is 60.6 Å². The van der Waals surface area contributed by atoms with Crippen molar-refractivity contribution in [2.24, 2.45) is 7.05 Å². The molecule has 2 aromatic rings. The van der Waals surface area contributed by atoms with Gasteiger partial charge in [-0.15, -0.1) is 0 Å². The second-order valence-electron chi connectivity index (χ2n) is 6.56. The van der Waals surface area contributed by atoms with E-state index in [4.69, 9.17) is 17.2 Å². The third-order valence-corrected chi connectivity index (χ3v) is 4.58. The molecule has 1 aliphatic heterocycles. The fraction of sp³-hybridized carbons (Fsp3) is 0.400. The summed E-state index contributed by atoms with van der Waals surface area (Å²) in [4.78, 5) is 34.9. The minimum absolute atomic E-state index is 0.0208. The van der Waals surface area contributed by atoms with Gasteiger partial charge < -0.3 is 41.7 Å². The van der Waals surface area contributed by atoms with Gasteiger partial charge in [0.25, 0.3) is 0 Å². The summed E-state index contributed by atoms with van der Waals surface area (Å²) in [6.45, 7) is 3.03. The van der Waals surface area contributed by atoms with Crippen molar-refractivity contribution in [3.63, 3.8) is 0 Å². The zero-order valence-corrected chi connectivity index (χ0v) is 15.5. The summed E-state index contributed by atoms with van der Waals surface area (Å²) in [6.07, 6.45) is 1.14. The Balaban J connectivity index is 1.91. The van der Waals surface area contributed by atoms with Crippen LogP contribution in [0, 0.1) is 10.1 Å². The molecule has 13 heteroatoms. The zero-order valence-electron chi connectivity index (χ0n) is 15.5. The second kappa shape index (κ2) is 7.19. The number of hydrogen-bond donors (Lipinski definition) is 4. The van der Waals surface area contributed by atoms with Crippen LogP contribution in [0.4, 0.5) is 34.5 Å². The minimum atomic E-state index is -0.705. The molecule has 7 N–H and O–H groups in total. The average Bonchev–Trinajstić information content (AvgIpc) is 3.05. The number of hydrogen-bond acceptors (Lipinski definition) is 10. The standard InChI is InChI=1S/C15H22N10O3/c1-22-3-5-24(6-4-22)13-11(18)9(16)10(17)12(20-13)21-15(26)14-19-8(25(27)28)7-23(14)2/h7H,3-6,17-18H2,1-2H3,(H3,16,20,21,26). The lowest BCUT2D eigenvalue weighted by Gasteiger charge is -2.34.